The first kappa shape index (κ1) is 11.3. The maximum atomic E-state index is 12.5. The van der Waals surface area contributed by atoms with Crippen LogP contribution in [0, 0.1) is 0 Å². The molecule has 0 unspecified atom stereocenters. The van der Waals surface area contributed by atoms with Gasteiger partial charge in [-0.3, -0.25) is 9.78 Å². The average molecular weight is 279 g/mol. The lowest BCUT2D eigenvalue weighted by atomic mass is 10.2. The van der Waals surface area contributed by atoms with Crippen molar-refractivity contribution in [1.82, 2.24) is 14.4 Å². The number of fused-ring (bicyclic) bond motifs is 3. The summed E-state index contributed by atoms with van der Waals surface area (Å²) < 4.78 is 2.36. The highest BCUT2D eigenvalue weighted by atomic mass is 32.1. The van der Waals surface area contributed by atoms with Gasteiger partial charge in [0.05, 0.1) is 15.6 Å². The number of nitrogens with zero attached hydrogens (tertiary/aromatic N) is 3. The molecule has 0 saturated carbocycles. The van der Waals surface area contributed by atoms with Crippen LogP contribution in [0.1, 0.15) is 5.56 Å². The average Bonchev–Trinajstić information content (AvgIpc) is 2.98. The molecular formula is C15H9N3OS. The second kappa shape index (κ2) is 4.25. The molecule has 96 valence electrons. The molecule has 0 atom stereocenters. The third-order valence-corrected chi connectivity index (χ3v) is 4.12. The van der Waals surface area contributed by atoms with Gasteiger partial charge in [0.2, 0.25) is 0 Å². The summed E-state index contributed by atoms with van der Waals surface area (Å²) in [6, 6.07) is 11.4. The Morgan fingerprint density at radius 2 is 1.90 bits per heavy atom. The number of thiazole rings is 1. The summed E-state index contributed by atoms with van der Waals surface area (Å²) in [5.41, 5.74) is 2.66. The van der Waals surface area contributed by atoms with Gasteiger partial charge in [-0.15, -0.1) is 0 Å². The van der Waals surface area contributed by atoms with Crippen LogP contribution < -0.4 is 10.1 Å². The maximum Gasteiger partial charge on any atom is 0.274 e. The van der Waals surface area contributed by atoms with Crippen LogP contribution in [-0.2, 0) is 0 Å². The van der Waals surface area contributed by atoms with Crippen molar-refractivity contribution in [1.29, 1.82) is 0 Å². The number of imidazole rings is 1. The van der Waals surface area contributed by atoms with Crippen molar-refractivity contribution in [3.8, 4) is 0 Å². The molecule has 3 aromatic heterocycles. The quantitative estimate of drug-likeness (QED) is 0.534. The predicted molar refractivity (Wildman–Crippen MR) is 79.9 cm³/mol. The van der Waals surface area contributed by atoms with Gasteiger partial charge in [0.15, 0.2) is 4.96 Å². The van der Waals surface area contributed by atoms with Crippen molar-refractivity contribution in [2.75, 3.05) is 0 Å². The Balaban J connectivity index is 2.06. The third-order valence-electron chi connectivity index (χ3n) is 3.15. The molecular weight excluding hydrogens is 270 g/mol. The highest BCUT2D eigenvalue weighted by molar-refractivity contribution is 7.15. The fourth-order valence-electron chi connectivity index (χ4n) is 2.22. The van der Waals surface area contributed by atoms with Crippen LogP contribution in [0.15, 0.2) is 53.6 Å². The molecule has 1 aromatic carbocycles. The molecule has 0 aliphatic carbocycles. The molecule has 0 aliphatic rings. The molecule has 3 heterocycles. The molecule has 0 fully saturated rings. The van der Waals surface area contributed by atoms with E-state index in [1.807, 2.05) is 42.5 Å². The Morgan fingerprint density at radius 1 is 1.10 bits per heavy atom. The van der Waals surface area contributed by atoms with E-state index in [1.165, 1.54) is 11.3 Å². The molecule has 0 N–H and O–H groups in total. The largest absolute Gasteiger partial charge is 0.274 e. The minimum atomic E-state index is -0.0180. The topological polar surface area (TPSA) is 47.3 Å². The van der Waals surface area contributed by atoms with Crippen LogP contribution in [0.4, 0.5) is 0 Å². The fraction of sp³-hybridized carbons (Fsp3) is 0. The number of hydrogen-bond acceptors (Lipinski definition) is 4. The highest BCUT2D eigenvalue weighted by Crippen LogP contribution is 2.15. The van der Waals surface area contributed by atoms with Crippen molar-refractivity contribution < 1.29 is 0 Å². The maximum absolute atomic E-state index is 12.5. The Morgan fingerprint density at radius 3 is 2.75 bits per heavy atom. The minimum Gasteiger partial charge on any atom is -0.267 e. The Bertz CT molecular complexity index is 1020. The molecule has 20 heavy (non-hydrogen) atoms. The molecule has 4 rings (SSSR count). The monoisotopic (exact) mass is 279 g/mol. The summed E-state index contributed by atoms with van der Waals surface area (Å²) in [5, 5.41) is 0. The highest BCUT2D eigenvalue weighted by Gasteiger charge is 2.10. The minimum absolute atomic E-state index is 0.0180. The molecule has 4 nitrogen and oxygen atoms in total. The lowest BCUT2D eigenvalue weighted by Crippen LogP contribution is -2.22. The van der Waals surface area contributed by atoms with Crippen LogP contribution in [-0.4, -0.2) is 14.4 Å². The lowest BCUT2D eigenvalue weighted by Gasteiger charge is -1.88. The molecule has 0 bridgehead atoms. The zero-order chi connectivity index (χ0) is 13.5. The van der Waals surface area contributed by atoms with Crippen LogP contribution in [0.2, 0.25) is 0 Å². The SMILES string of the molecule is O=c1/c(=C\c2ccncc2)sc2nc3ccccc3n12. The van der Waals surface area contributed by atoms with E-state index < -0.39 is 0 Å². The number of rotatable bonds is 1. The number of hydrogen-bond donors (Lipinski definition) is 0. The first-order valence-electron chi connectivity index (χ1n) is 6.15. The van der Waals surface area contributed by atoms with E-state index >= 15 is 0 Å². The summed E-state index contributed by atoms with van der Waals surface area (Å²) in [6.07, 6.45) is 5.30. The molecule has 0 saturated heterocycles. The molecule has 5 heteroatoms. The number of benzene rings is 1. The molecule has 0 aliphatic heterocycles. The second-order valence-corrected chi connectivity index (χ2v) is 5.42. The molecule has 0 amide bonds. The van der Waals surface area contributed by atoms with Gasteiger partial charge in [-0.05, 0) is 35.9 Å². The van der Waals surface area contributed by atoms with Crippen molar-refractivity contribution in [2.45, 2.75) is 0 Å². The van der Waals surface area contributed by atoms with Crippen molar-refractivity contribution in [2.24, 2.45) is 0 Å². The van der Waals surface area contributed by atoms with Gasteiger partial charge < -0.3 is 0 Å². The summed E-state index contributed by atoms with van der Waals surface area (Å²) in [7, 11) is 0. The van der Waals surface area contributed by atoms with Gasteiger partial charge >= 0.3 is 0 Å². The van der Waals surface area contributed by atoms with Gasteiger partial charge in [0.25, 0.3) is 5.56 Å². The zero-order valence-corrected chi connectivity index (χ0v) is 11.2. The summed E-state index contributed by atoms with van der Waals surface area (Å²) in [5.74, 6) is 0. The normalized spacial score (nSPS) is 12.5. The van der Waals surface area contributed by atoms with Gasteiger partial charge in [0, 0.05) is 12.4 Å². The smallest absolute Gasteiger partial charge is 0.267 e. The Labute approximate surface area is 117 Å². The first-order valence-corrected chi connectivity index (χ1v) is 6.96. The summed E-state index contributed by atoms with van der Waals surface area (Å²) >= 11 is 1.41. The van der Waals surface area contributed by atoms with E-state index in [9.17, 15) is 4.79 Å². The van der Waals surface area contributed by atoms with Crippen LogP contribution in [0.3, 0.4) is 0 Å². The van der Waals surface area contributed by atoms with E-state index in [1.54, 1.807) is 16.8 Å². The summed E-state index contributed by atoms with van der Waals surface area (Å²) in [6.45, 7) is 0. The van der Waals surface area contributed by atoms with E-state index in [2.05, 4.69) is 9.97 Å². The Kier molecular flexibility index (Phi) is 2.40. The van der Waals surface area contributed by atoms with Crippen LogP contribution in [0.25, 0.3) is 22.1 Å². The predicted octanol–water partition coefficient (Wildman–Crippen LogP) is 1.85. The van der Waals surface area contributed by atoms with Crippen LogP contribution >= 0.6 is 11.3 Å². The van der Waals surface area contributed by atoms with Crippen molar-refractivity contribution in [3.05, 3.63) is 69.2 Å². The van der Waals surface area contributed by atoms with E-state index in [4.69, 9.17) is 0 Å². The number of aromatic nitrogens is 3. The number of para-hydroxylation sites is 2. The second-order valence-electron chi connectivity index (χ2n) is 4.41. The first-order chi connectivity index (χ1) is 9.83. The molecule has 0 spiro atoms. The Hall–Kier alpha value is -2.53. The standard InChI is InChI=1S/C15H9N3OS/c19-14-13(9-10-5-7-16-8-6-10)20-15-17-11-3-1-2-4-12(11)18(14)15/h1-9H/b13-9+. The molecule has 0 radical (unpaired) electrons. The van der Waals surface area contributed by atoms with Gasteiger partial charge in [-0.1, -0.05) is 23.5 Å². The van der Waals surface area contributed by atoms with E-state index in [0.29, 0.717) is 4.53 Å². The number of pyridine rings is 1. The third kappa shape index (κ3) is 1.64. The van der Waals surface area contributed by atoms with Gasteiger partial charge in [-0.25, -0.2) is 9.38 Å². The summed E-state index contributed by atoms with van der Waals surface area (Å²) in [4.78, 5) is 21.7. The molecule has 4 aromatic rings. The zero-order valence-electron chi connectivity index (χ0n) is 10.4. The lowest BCUT2D eigenvalue weighted by molar-refractivity contribution is 1.19. The van der Waals surface area contributed by atoms with Crippen LogP contribution in [0.5, 0.6) is 0 Å². The van der Waals surface area contributed by atoms with Gasteiger partial charge in [-0.2, -0.15) is 0 Å². The van der Waals surface area contributed by atoms with Crippen molar-refractivity contribution in [3.63, 3.8) is 0 Å². The van der Waals surface area contributed by atoms with E-state index in [0.717, 1.165) is 21.6 Å². The van der Waals surface area contributed by atoms with Gasteiger partial charge in [0.1, 0.15) is 0 Å². The fourth-order valence-corrected chi connectivity index (χ4v) is 3.21. The van der Waals surface area contributed by atoms with E-state index in [-0.39, 0.29) is 5.56 Å². The van der Waals surface area contributed by atoms with Crippen molar-refractivity contribution >= 4 is 33.4 Å².